The minimum absolute atomic E-state index is 0.283. The standard InChI is InChI=1S/C14H24N4O/c1-2-18-9-6-11(7-10-18)13-16-14(19-17-13)12-5-3-4-8-15-12/h11-12,15H,2-10H2,1H3. The van der Waals surface area contributed by atoms with Crippen LogP contribution in [0.1, 0.15) is 62.7 Å². The van der Waals surface area contributed by atoms with Gasteiger partial charge in [-0.1, -0.05) is 18.5 Å². The molecule has 0 amide bonds. The van der Waals surface area contributed by atoms with Crippen molar-refractivity contribution in [1.29, 1.82) is 0 Å². The second-order valence-electron chi connectivity index (χ2n) is 5.70. The van der Waals surface area contributed by atoms with Crippen molar-refractivity contribution in [2.75, 3.05) is 26.2 Å². The van der Waals surface area contributed by atoms with Gasteiger partial charge in [-0.3, -0.25) is 0 Å². The predicted octanol–water partition coefficient (Wildman–Crippen LogP) is 2.08. The molecule has 106 valence electrons. The molecule has 0 spiro atoms. The van der Waals surface area contributed by atoms with Crippen LogP contribution < -0.4 is 5.32 Å². The van der Waals surface area contributed by atoms with E-state index in [9.17, 15) is 0 Å². The van der Waals surface area contributed by atoms with E-state index in [1.165, 1.54) is 12.8 Å². The van der Waals surface area contributed by atoms with Gasteiger partial charge in [0.15, 0.2) is 5.82 Å². The van der Waals surface area contributed by atoms with E-state index in [0.717, 1.165) is 57.2 Å². The zero-order chi connectivity index (χ0) is 13.1. The van der Waals surface area contributed by atoms with E-state index in [2.05, 4.69) is 27.3 Å². The first-order chi connectivity index (χ1) is 9.36. The van der Waals surface area contributed by atoms with Gasteiger partial charge in [0.25, 0.3) is 0 Å². The van der Waals surface area contributed by atoms with E-state index < -0.39 is 0 Å². The van der Waals surface area contributed by atoms with Crippen LogP contribution in [0.2, 0.25) is 0 Å². The topological polar surface area (TPSA) is 54.2 Å². The predicted molar refractivity (Wildman–Crippen MR) is 73.0 cm³/mol. The lowest BCUT2D eigenvalue weighted by atomic mass is 9.96. The smallest absolute Gasteiger partial charge is 0.243 e. The van der Waals surface area contributed by atoms with E-state index in [-0.39, 0.29) is 6.04 Å². The van der Waals surface area contributed by atoms with Crippen LogP contribution in [0.5, 0.6) is 0 Å². The first-order valence-electron chi connectivity index (χ1n) is 7.66. The van der Waals surface area contributed by atoms with Gasteiger partial charge >= 0.3 is 0 Å². The van der Waals surface area contributed by atoms with Gasteiger partial charge in [0.1, 0.15) is 0 Å². The fourth-order valence-electron chi connectivity index (χ4n) is 3.12. The lowest BCUT2D eigenvalue weighted by Gasteiger charge is -2.29. The Kier molecular flexibility index (Phi) is 4.13. The summed E-state index contributed by atoms with van der Waals surface area (Å²) in [6.45, 7) is 6.76. The Hall–Kier alpha value is -0.940. The van der Waals surface area contributed by atoms with Crippen LogP contribution in [0.3, 0.4) is 0 Å². The number of rotatable bonds is 3. The molecule has 1 unspecified atom stereocenters. The number of likely N-dealkylation sites (tertiary alicyclic amines) is 1. The first kappa shape index (κ1) is 13.1. The fourth-order valence-corrected chi connectivity index (χ4v) is 3.12. The Morgan fingerprint density at radius 2 is 2.11 bits per heavy atom. The highest BCUT2D eigenvalue weighted by atomic mass is 16.5. The molecule has 2 aliphatic rings. The number of piperidine rings is 2. The molecule has 1 aromatic heterocycles. The minimum Gasteiger partial charge on any atom is -0.338 e. The van der Waals surface area contributed by atoms with Crippen LogP contribution in [-0.4, -0.2) is 41.2 Å². The summed E-state index contributed by atoms with van der Waals surface area (Å²) in [5.41, 5.74) is 0. The van der Waals surface area contributed by atoms with Gasteiger partial charge in [-0.05, 0) is 51.9 Å². The van der Waals surface area contributed by atoms with Gasteiger partial charge in [0.05, 0.1) is 6.04 Å². The third kappa shape index (κ3) is 2.98. The average molecular weight is 264 g/mol. The minimum atomic E-state index is 0.283. The molecule has 0 aromatic carbocycles. The van der Waals surface area contributed by atoms with Crippen molar-refractivity contribution in [2.45, 2.75) is 51.0 Å². The molecule has 2 fully saturated rings. The quantitative estimate of drug-likeness (QED) is 0.906. The second kappa shape index (κ2) is 6.01. The van der Waals surface area contributed by atoms with Gasteiger partial charge < -0.3 is 14.7 Å². The lowest BCUT2D eigenvalue weighted by molar-refractivity contribution is 0.217. The molecule has 1 atom stereocenters. The third-order valence-electron chi connectivity index (χ3n) is 4.47. The average Bonchev–Trinajstić information content (AvgIpc) is 2.98. The van der Waals surface area contributed by atoms with Gasteiger partial charge in [0.2, 0.25) is 5.89 Å². The van der Waals surface area contributed by atoms with Crippen LogP contribution >= 0.6 is 0 Å². The van der Waals surface area contributed by atoms with E-state index in [1.807, 2.05) is 0 Å². The van der Waals surface area contributed by atoms with Crippen LogP contribution in [0.15, 0.2) is 4.52 Å². The molecule has 19 heavy (non-hydrogen) atoms. The SMILES string of the molecule is CCN1CCC(c2noc(C3CCCCN3)n2)CC1. The van der Waals surface area contributed by atoms with Gasteiger partial charge in [-0.15, -0.1) is 0 Å². The van der Waals surface area contributed by atoms with E-state index in [1.54, 1.807) is 0 Å². The highest BCUT2D eigenvalue weighted by molar-refractivity contribution is 5.01. The highest BCUT2D eigenvalue weighted by Crippen LogP contribution is 2.28. The van der Waals surface area contributed by atoms with E-state index in [4.69, 9.17) is 4.52 Å². The van der Waals surface area contributed by atoms with Crippen molar-refractivity contribution in [3.8, 4) is 0 Å². The number of nitrogens with one attached hydrogen (secondary N) is 1. The molecular formula is C14H24N4O. The maximum Gasteiger partial charge on any atom is 0.243 e. The van der Waals surface area contributed by atoms with Crippen LogP contribution in [0, 0.1) is 0 Å². The molecular weight excluding hydrogens is 240 g/mol. The van der Waals surface area contributed by atoms with Crippen molar-refractivity contribution in [3.05, 3.63) is 11.7 Å². The molecule has 3 rings (SSSR count). The number of hydrogen-bond donors (Lipinski definition) is 1. The van der Waals surface area contributed by atoms with Gasteiger partial charge in [0, 0.05) is 5.92 Å². The maximum atomic E-state index is 5.47. The first-order valence-corrected chi connectivity index (χ1v) is 7.66. The number of hydrogen-bond acceptors (Lipinski definition) is 5. The van der Waals surface area contributed by atoms with Crippen molar-refractivity contribution >= 4 is 0 Å². The highest BCUT2D eigenvalue weighted by Gasteiger charge is 2.26. The summed E-state index contributed by atoms with van der Waals surface area (Å²) in [7, 11) is 0. The molecule has 2 saturated heterocycles. The van der Waals surface area contributed by atoms with Crippen LogP contribution in [0.25, 0.3) is 0 Å². The normalized spacial score (nSPS) is 26.7. The molecule has 2 aliphatic heterocycles. The summed E-state index contributed by atoms with van der Waals surface area (Å²) in [5, 5.41) is 7.68. The van der Waals surface area contributed by atoms with Crippen molar-refractivity contribution < 1.29 is 4.52 Å². The Bertz CT molecular complexity index is 392. The summed E-state index contributed by atoms with van der Waals surface area (Å²) in [6, 6.07) is 0.283. The zero-order valence-corrected chi connectivity index (χ0v) is 11.8. The largest absolute Gasteiger partial charge is 0.338 e. The van der Waals surface area contributed by atoms with Crippen LogP contribution in [-0.2, 0) is 0 Å². The lowest BCUT2D eigenvalue weighted by Crippen LogP contribution is -2.33. The third-order valence-corrected chi connectivity index (χ3v) is 4.47. The summed E-state index contributed by atoms with van der Waals surface area (Å²) in [6.07, 6.45) is 5.95. The Labute approximate surface area is 114 Å². The summed E-state index contributed by atoms with van der Waals surface area (Å²) in [4.78, 5) is 7.14. The molecule has 1 aromatic rings. The number of aromatic nitrogens is 2. The summed E-state index contributed by atoms with van der Waals surface area (Å²) < 4.78 is 5.47. The van der Waals surface area contributed by atoms with Crippen LogP contribution in [0.4, 0.5) is 0 Å². The maximum absolute atomic E-state index is 5.47. The summed E-state index contributed by atoms with van der Waals surface area (Å²) in [5.74, 6) is 2.22. The number of nitrogens with zero attached hydrogens (tertiary/aromatic N) is 3. The van der Waals surface area contributed by atoms with Crippen molar-refractivity contribution in [2.24, 2.45) is 0 Å². The molecule has 0 saturated carbocycles. The fraction of sp³-hybridized carbons (Fsp3) is 0.857. The van der Waals surface area contributed by atoms with Crippen molar-refractivity contribution in [1.82, 2.24) is 20.4 Å². The Morgan fingerprint density at radius 3 is 2.79 bits per heavy atom. The van der Waals surface area contributed by atoms with Gasteiger partial charge in [-0.2, -0.15) is 4.98 Å². The molecule has 0 radical (unpaired) electrons. The Morgan fingerprint density at radius 1 is 1.26 bits per heavy atom. The Balaban J connectivity index is 1.61. The van der Waals surface area contributed by atoms with Gasteiger partial charge in [-0.25, -0.2) is 0 Å². The molecule has 5 nitrogen and oxygen atoms in total. The molecule has 1 N–H and O–H groups in total. The zero-order valence-electron chi connectivity index (χ0n) is 11.8. The second-order valence-corrected chi connectivity index (χ2v) is 5.70. The summed E-state index contributed by atoms with van der Waals surface area (Å²) >= 11 is 0. The van der Waals surface area contributed by atoms with E-state index >= 15 is 0 Å². The molecule has 3 heterocycles. The van der Waals surface area contributed by atoms with Crippen molar-refractivity contribution in [3.63, 3.8) is 0 Å². The molecule has 5 heteroatoms. The molecule has 0 bridgehead atoms. The monoisotopic (exact) mass is 264 g/mol. The van der Waals surface area contributed by atoms with E-state index in [0.29, 0.717) is 5.92 Å². The molecule has 0 aliphatic carbocycles.